The Labute approximate surface area is 114 Å². The largest absolute Gasteiger partial charge is 0.490 e. The summed E-state index contributed by atoms with van der Waals surface area (Å²) in [6.07, 6.45) is 0.832. The molecule has 1 N–H and O–H groups in total. The summed E-state index contributed by atoms with van der Waals surface area (Å²) in [6.45, 7) is 5.24. The maximum absolute atomic E-state index is 10.3. The fourth-order valence-electron chi connectivity index (χ4n) is 2.05. The zero-order valence-corrected chi connectivity index (χ0v) is 11.8. The Kier molecular flexibility index (Phi) is 4.32. The lowest BCUT2D eigenvalue weighted by Crippen LogP contribution is -2.25. The quantitative estimate of drug-likeness (QED) is 0.910. The third kappa shape index (κ3) is 3.61. The maximum Gasteiger partial charge on any atom is 0.161 e. The molecule has 0 amide bonds. The number of benzene rings is 1. The summed E-state index contributed by atoms with van der Waals surface area (Å²) in [5, 5.41) is 10.3. The van der Waals surface area contributed by atoms with Crippen molar-refractivity contribution in [1.29, 1.82) is 0 Å². The fraction of sp³-hybridized carbons (Fsp3) is 0.600. The Balaban J connectivity index is 2.14. The maximum atomic E-state index is 10.3. The van der Waals surface area contributed by atoms with Gasteiger partial charge in [0.05, 0.1) is 24.9 Å². The normalized spacial score (nSPS) is 16.8. The summed E-state index contributed by atoms with van der Waals surface area (Å²) < 4.78 is 16.5. The molecular formula is C15H22O4. The van der Waals surface area contributed by atoms with Crippen molar-refractivity contribution in [2.45, 2.75) is 38.4 Å². The van der Waals surface area contributed by atoms with Gasteiger partial charge in [-0.3, -0.25) is 0 Å². The number of fused-ring (bicyclic) bond motifs is 1. The first-order valence-corrected chi connectivity index (χ1v) is 6.64. The van der Waals surface area contributed by atoms with Gasteiger partial charge in [0.2, 0.25) is 0 Å². The zero-order valence-electron chi connectivity index (χ0n) is 11.8. The van der Waals surface area contributed by atoms with Crippen molar-refractivity contribution < 1.29 is 19.3 Å². The van der Waals surface area contributed by atoms with E-state index in [2.05, 4.69) is 0 Å². The van der Waals surface area contributed by atoms with Gasteiger partial charge in [-0.15, -0.1) is 0 Å². The second-order valence-corrected chi connectivity index (χ2v) is 5.44. The van der Waals surface area contributed by atoms with Crippen LogP contribution < -0.4 is 9.47 Å². The van der Waals surface area contributed by atoms with E-state index in [0.717, 1.165) is 17.7 Å². The molecule has 1 unspecified atom stereocenters. The van der Waals surface area contributed by atoms with Crippen molar-refractivity contribution in [3.8, 4) is 11.5 Å². The Morgan fingerprint density at radius 3 is 2.63 bits per heavy atom. The summed E-state index contributed by atoms with van der Waals surface area (Å²) in [6, 6.07) is 5.60. The first kappa shape index (κ1) is 14.2. The van der Waals surface area contributed by atoms with Crippen LogP contribution in [0.15, 0.2) is 18.2 Å². The van der Waals surface area contributed by atoms with E-state index in [-0.39, 0.29) is 5.60 Å². The molecule has 19 heavy (non-hydrogen) atoms. The molecule has 1 aromatic rings. The number of ether oxygens (including phenoxy) is 3. The fourth-order valence-corrected chi connectivity index (χ4v) is 2.05. The second-order valence-electron chi connectivity index (χ2n) is 5.44. The molecule has 106 valence electrons. The highest BCUT2D eigenvalue weighted by molar-refractivity contribution is 5.44. The van der Waals surface area contributed by atoms with E-state index in [1.165, 1.54) is 0 Å². The van der Waals surface area contributed by atoms with E-state index in [1.54, 1.807) is 7.11 Å². The minimum Gasteiger partial charge on any atom is -0.490 e. The average molecular weight is 266 g/mol. The third-order valence-electron chi connectivity index (χ3n) is 3.39. The molecule has 0 saturated carbocycles. The number of hydrogen-bond donors (Lipinski definition) is 1. The van der Waals surface area contributed by atoms with Crippen LogP contribution in [0.25, 0.3) is 0 Å². The number of aliphatic hydroxyl groups is 1. The van der Waals surface area contributed by atoms with E-state index in [1.807, 2.05) is 32.0 Å². The molecule has 1 aliphatic heterocycles. The van der Waals surface area contributed by atoms with Crippen molar-refractivity contribution in [1.82, 2.24) is 0 Å². The molecule has 0 saturated heterocycles. The van der Waals surface area contributed by atoms with E-state index >= 15 is 0 Å². The van der Waals surface area contributed by atoms with Crippen molar-refractivity contribution in [2.24, 2.45) is 0 Å². The summed E-state index contributed by atoms with van der Waals surface area (Å²) >= 11 is 0. The Morgan fingerprint density at radius 2 is 1.95 bits per heavy atom. The van der Waals surface area contributed by atoms with Gasteiger partial charge in [0.1, 0.15) is 0 Å². The van der Waals surface area contributed by atoms with Crippen molar-refractivity contribution in [3.05, 3.63) is 23.8 Å². The number of rotatable bonds is 4. The Bertz CT molecular complexity index is 428. The molecule has 0 bridgehead atoms. The van der Waals surface area contributed by atoms with Crippen LogP contribution in [0.1, 0.15) is 38.4 Å². The van der Waals surface area contributed by atoms with Gasteiger partial charge in [-0.05, 0) is 31.5 Å². The monoisotopic (exact) mass is 266 g/mol. The smallest absolute Gasteiger partial charge is 0.161 e. The van der Waals surface area contributed by atoms with Crippen LogP contribution in [0.4, 0.5) is 0 Å². The standard InChI is InChI=1S/C15H22O4/c1-15(2,17-3)10-12(16)11-5-6-13-14(9-11)19-8-4-7-18-13/h5-6,9,12,16H,4,7-8,10H2,1-3H3. The van der Waals surface area contributed by atoms with Gasteiger partial charge in [0.25, 0.3) is 0 Å². The average Bonchev–Trinajstić information content (AvgIpc) is 2.62. The third-order valence-corrected chi connectivity index (χ3v) is 3.39. The molecule has 1 aliphatic rings. The van der Waals surface area contributed by atoms with Crippen molar-refractivity contribution in [3.63, 3.8) is 0 Å². The lowest BCUT2D eigenvalue weighted by atomic mass is 9.95. The van der Waals surface area contributed by atoms with E-state index in [9.17, 15) is 5.11 Å². The lowest BCUT2D eigenvalue weighted by molar-refractivity contribution is -0.0201. The highest BCUT2D eigenvalue weighted by Gasteiger charge is 2.23. The molecule has 0 fully saturated rings. The number of methoxy groups -OCH3 is 1. The Morgan fingerprint density at radius 1 is 1.26 bits per heavy atom. The molecule has 0 aromatic heterocycles. The molecule has 0 radical (unpaired) electrons. The first-order valence-electron chi connectivity index (χ1n) is 6.64. The van der Waals surface area contributed by atoms with Crippen LogP contribution >= 0.6 is 0 Å². The van der Waals surface area contributed by atoms with Crippen LogP contribution in [-0.2, 0) is 4.74 Å². The lowest BCUT2D eigenvalue weighted by Gasteiger charge is -2.26. The molecule has 1 heterocycles. The highest BCUT2D eigenvalue weighted by atomic mass is 16.5. The summed E-state index contributed by atoms with van der Waals surface area (Å²) in [5.41, 5.74) is 0.471. The van der Waals surface area contributed by atoms with Crippen molar-refractivity contribution in [2.75, 3.05) is 20.3 Å². The van der Waals surface area contributed by atoms with Gasteiger partial charge in [0.15, 0.2) is 11.5 Å². The molecule has 4 nitrogen and oxygen atoms in total. The molecule has 1 aromatic carbocycles. The molecule has 2 rings (SSSR count). The summed E-state index contributed by atoms with van der Waals surface area (Å²) in [4.78, 5) is 0. The highest BCUT2D eigenvalue weighted by Crippen LogP contribution is 2.34. The van der Waals surface area contributed by atoms with E-state index < -0.39 is 6.10 Å². The molecule has 1 atom stereocenters. The van der Waals surface area contributed by atoms with E-state index in [0.29, 0.717) is 25.4 Å². The van der Waals surface area contributed by atoms with Crippen LogP contribution in [0.2, 0.25) is 0 Å². The predicted octanol–water partition coefficient (Wildman–Crippen LogP) is 2.70. The molecule has 4 heteroatoms. The second kappa shape index (κ2) is 5.80. The SMILES string of the molecule is COC(C)(C)CC(O)c1ccc2c(c1)OCCCO2. The van der Waals surface area contributed by atoms with Gasteiger partial charge in [0, 0.05) is 20.0 Å². The minimum absolute atomic E-state index is 0.358. The number of hydrogen-bond acceptors (Lipinski definition) is 4. The van der Waals surface area contributed by atoms with Gasteiger partial charge >= 0.3 is 0 Å². The van der Waals surface area contributed by atoms with Crippen LogP contribution in [0, 0.1) is 0 Å². The summed E-state index contributed by atoms with van der Waals surface area (Å²) in [5.74, 6) is 1.46. The van der Waals surface area contributed by atoms with Crippen LogP contribution in [-0.4, -0.2) is 31.0 Å². The molecule has 0 aliphatic carbocycles. The zero-order chi connectivity index (χ0) is 13.9. The summed E-state index contributed by atoms with van der Waals surface area (Å²) in [7, 11) is 1.65. The first-order chi connectivity index (χ1) is 9.02. The van der Waals surface area contributed by atoms with Gasteiger partial charge in [-0.2, -0.15) is 0 Å². The predicted molar refractivity (Wildman–Crippen MR) is 72.7 cm³/mol. The topological polar surface area (TPSA) is 47.9 Å². The number of aliphatic hydroxyl groups excluding tert-OH is 1. The van der Waals surface area contributed by atoms with Gasteiger partial charge in [-0.1, -0.05) is 6.07 Å². The van der Waals surface area contributed by atoms with Crippen LogP contribution in [0.3, 0.4) is 0 Å². The van der Waals surface area contributed by atoms with Crippen molar-refractivity contribution >= 4 is 0 Å². The van der Waals surface area contributed by atoms with Gasteiger partial charge < -0.3 is 19.3 Å². The van der Waals surface area contributed by atoms with Crippen LogP contribution in [0.5, 0.6) is 11.5 Å². The van der Waals surface area contributed by atoms with Gasteiger partial charge in [-0.25, -0.2) is 0 Å². The molecular weight excluding hydrogens is 244 g/mol. The molecule has 0 spiro atoms. The minimum atomic E-state index is -0.577. The van der Waals surface area contributed by atoms with E-state index in [4.69, 9.17) is 14.2 Å². The Hall–Kier alpha value is -1.26.